The summed E-state index contributed by atoms with van der Waals surface area (Å²) >= 11 is 1.67. The van der Waals surface area contributed by atoms with E-state index in [1.165, 1.54) is 0 Å². The van der Waals surface area contributed by atoms with Crippen molar-refractivity contribution >= 4 is 23.0 Å². The molecule has 0 N–H and O–H groups in total. The molecule has 1 aliphatic heterocycles. The molecule has 2 heterocycles. The van der Waals surface area contributed by atoms with Crippen molar-refractivity contribution in [1.29, 1.82) is 0 Å². The minimum atomic E-state index is -0.443. The van der Waals surface area contributed by atoms with Gasteiger partial charge in [0.2, 0.25) is 5.91 Å². The van der Waals surface area contributed by atoms with E-state index in [0.717, 1.165) is 22.6 Å². The molecule has 0 fully saturated rings. The van der Waals surface area contributed by atoms with E-state index in [-0.39, 0.29) is 11.9 Å². The Labute approximate surface area is 135 Å². The molecule has 0 saturated heterocycles. The molecule has 4 heteroatoms. The van der Waals surface area contributed by atoms with Crippen molar-refractivity contribution in [2.45, 2.75) is 33.2 Å². The summed E-state index contributed by atoms with van der Waals surface area (Å²) in [5, 5.41) is 8.40. The zero-order valence-electron chi connectivity index (χ0n) is 13.1. The molecule has 0 bridgehead atoms. The third kappa shape index (κ3) is 2.83. The fraction of sp³-hybridized carbons (Fsp3) is 0.333. The van der Waals surface area contributed by atoms with Gasteiger partial charge in [-0.2, -0.15) is 5.10 Å². The van der Waals surface area contributed by atoms with Gasteiger partial charge in [0.1, 0.15) is 0 Å². The lowest BCUT2D eigenvalue weighted by Gasteiger charge is -2.28. The summed E-state index contributed by atoms with van der Waals surface area (Å²) in [4.78, 5) is 13.9. The average Bonchev–Trinajstić information content (AvgIpc) is 3.15. The number of hydrogen-bond acceptors (Lipinski definition) is 3. The highest BCUT2D eigenvalue weighted by atomic mass is 32.1. The van der Waals surface area contributed by atoms with Crippen molar-refractivity contribution in [3.63, 3.8) is 0 Å². The van der Waals surface area contributed by atoms with Crippen molar-refractivity contribution in [2.75, 3.05) is 0 Å². The second-order valence-electron chi connectivity index (χ2n) is 6.55. The van der Waals surface area contributed by atoms with E-state index in [4.69, 9.17) is 0 Å². The Hall–Kier alpha value is -1.94. The van der Waals surface area contributed by atoms with E-state index in [9.17, 15) is 4.79 Å². The second-order valence-corrected chi connectivity index (χ2v) is 7.50. The normalized spacial score (nSPS) is 18.4. The van der Waals surface area contributed by atoms with Crippen LogP contribution in [0.25, 0.3) is 0 Å². The summed E-state index contributed by atoms with van der Waals surface area (Å²) < 4.78 is 0. The van der Waals surface area contributed by atoms with Gasteiger partial charge < -0.3 is 0 Å². The summed E-state index contributed by atoms with van der Waals surface area (Å²) in [6.45, 7) is 5.82. The summed E-state index contributed by atoms with van der Waals surface area (Å²) in [6.07, 6.45) is 0.770. The number of amides is 1. The lowest BCUT2D eigenvalue weighted by atomic mass is 9.93. The Morgan fingerprint density at radius 3 is 2.50 bits per heavy atom. The van der Waals surface area contributed by atoms with Gasteiger partial charge in [-0.15, -0.1) is 11.3 Å². The molecular formula is C18H20N2OS. The van der Waals surface area contributed by atoms with E-state index < -0.39 is 5.41 Å². The first-order valence-corrected chi connectivity index (χ1v) is 8.35. The van der Waals surface area contributed by atoms with Crippen molar-refractivity contribution in [3.05, 3.63) is 58.3 Å². The molecular weight excluding hydrogens is 292 g/mol. The van der Waals surface area contributed by atoms with Crippen molar-refractivity contribution in [2.24, 2.45) is 10.5 Å². The number of carbonyl (C=O) groups excluding carboxylic acids is 1. The Morgan fingerprint density at radius 1 is 1.18 bits per heavy atom. The quantitative estimate of drug-likeness (QED) is 0.805. The number of hydrazone groups is 1. The first-order valence-electron chi connectivity index (χ1n) is 7.47. The number of thiophene rings is 1. The fourth-order valence-electron chi connectivity index (χ4n) is 2.57. The molecule has 0 radical (unpaired) electrons. The SMILES string of the molecule is CC(C)(C)C(=O)N1N=C(c2cccs2)C[C@@H]1c1ccccc1. The Bertz CT molecular complexity index is 684. The first kappa shape index (κ1) is 15.0. The third-order valence-electron chi connectivity index (χ3n) is 3.75. The maximum Gasteiger partial charge on any atom is 0.248 e. The maximum absolute atomic E-state index is 12.8. The number of nitrogens with zero attached hydrogens (tertiary/aromatic N) is 2. The van der Waals surface area contributed by atoms with Gasteiger partial charge in [-0.3, -0.25) is 4.79 Å². The average molecular weight is 312 g/mol. The van der Waals surface area contributed by atoms with Crippen LogP contribution in [-0.2, 0) is 4.79 Å². The summed E-state index contributed by atoms with van der Waals surface area (Å²) in [6, 6.07) is 14.2. The van der Waals surface area contributed by atoms with Crippen LogP contribution in [0, 0.1) is 5.41 Å². The van der Waals surface area contributed by atoms with Gasteiger partial charge in [-0.05, 0) is 17.0 Å². The first-order chi connectivity index (χ1) is 10.5. The summed E-state index contributed by atoms with van der Waals surface area (Å²) in [5.41, 5.74) is 1.69. The van der Waals surface area contributed by atoms with Gasteiger partial charge in [-0.25, -0.2) is 5.01 Å². The molecule has 0 spiro atoms. The molecule has 1 aliphatic rings. The van der Waals surface area contributed by atoms with Crippen LogP contribution in [0.15, 0.2) is 52.9 Å². The Balaban J connectivity index is 1.98. The molecule has 3 rings (SSSR count). The largest absolute Gasteiger partial charge is 0.272 e. The number of carbonyl (C=O) groups is 1. The molecule has 22 heavy (non-hydrogen) atoms. The van der Waals surface area contributed by atoms with Crippen LogP contribution < -0.4 is 0 Å². The van der Waals surface area contributed by atoms with E-state index in [1.807, 2.05) is 50.4 Å². The van der Waals surface area contributed by atoms with Crippen molar-refractivity contribution in [3.8, 4) is 0 Å². The van der Waals surface area contributed by atoms with Gasteiger partial charge in [0.15, 0.2) is 0 Å². The van der Waals surface area contributed by atoms with Gasteiger partial charge >= 0.3 is 0 Å². The minimum Gasteiger partial charge on any atom is -0.272 e. The van der Waals surface area contributed by atoms with E-state index in [2.05, 4.69) is 23.3 Å². The molecule has 2 aromatic rings. The highest BCUT2D eigenvalue weighted by Gasteiger charge is 2.37. The third-order valence-corrected chi connectivity index (χ3v) is 4.67. The standard InChI is InChI=1S/C18H20N2OS/c1-18(2,3)17(21)20-15(13-8-5-4-6-9-13)12-14(19-20)16-10-7-11-22-16/h4-11,15H,12H2,1-3H3/t15-/m1/s1. The van der Waals surface area contributed by atoms with E-state index in [1.54, 1.807) is 16.3 Å². The molecule has 1 amide bonds. The highest BCUT2D eigenvalue weighted by molar-refractivity contribution is 7.12. The van der Waals surface area contributed by atoms with Crippen LogP contribution in [-0.4, -0.2) is 16.6 Å². The molecule has 1 aromatic carbocycles. The summed E-state index contributed by atoms with van der Waals surface area (Å²) in [5.74, 6) is 0.0629. The van der Waals surface area contributed by atoms with Crippen LogP contribution >= 0.6 is 11.3 Å². The van der Waals surface area contributed by atoms with Crippen molar-refractivity contribution in [1.82, 2.24) is 5.01 Å². The zero-order valence-corrected chi connectivity index (χ0v) is 13.9. The Kier molecular flexibility index (Phi) is 3.87. The van der Waals surface area contributed by atoms with Crippen LogP contribution in [0.3, 0.4) is 0 Å². The van der Waals surface area contributed by atoms with E-state index >= 15 is 0 Å². The smallest absolute Gasteiger partial charge is 0.248 e. The van der Waals surface area contributed by atoms with Gasteiger partial charge in [0, 0.05) is 11.8 Å². The molecule has 1 aromatic heterocycles. The number of hydrogen-bond donors (Lipinski definition) is 0. The lowest BCUT2D eigenvalue weighted by Crippen LogP contribution is -2.36. The maximum atomic E-state index is 12.8. The monoisotopic (exact) mass is 312 g/mol. The predicted molar refractivity (Wildman–Crippen MR) is 91.0 cm³/mol. The Morgan fingerprint density at radius 2 is 1.91 bits per heavy atom. The number of rotatable bonds is 2. The van der Waals surface area contributed by atoms with Gasteiger partial charge in [0.05, 0.1) is 16.6 Å². The molecule has 1 atom stereocenters. The van der Waals surface area contributed by atoms with E-state index in [0.29, 0.717) is 0 Å². The molecule has 0 saturated carbocycles. The highest BCUT2D eigenvalue weighted by Crippen LogP contribution is 2.36. The molecule has 114 valence electrons. The fourth-order valence-corrected chi connectivity index (χ4v) is 3.29. The number of benzene rings is 1. The van der Waals surface area contributed by atoms with Crippen LogP contribution in [0.4, 0.5) is 0 Å². The van der Waals surface area contributed by atoms with Crippen LogP contribution in [0.5, 0.6) is 0 Å². The predicted octanol–water partition coefficient (Wildman–Crippen LogP) is 4.47. The summed E-state index contributed by atoms with van der Waals surface area (Å²) in [7, 11) is 0. The molecule has 0 aliphatic carbocycles. The topological polar surface area (TPSA) is 32.7 Å². The van der Waals surface area contributed by atoms with Crippen molar-refractivity contribution < 1.29 is 4.79 Å². The second kappa shape index (κ2) is 5.69. The van der Waals surface area contributed by atoms with Gasteiger partial charge in [0.25, 0.3) is 0 Å². The molecule has 3 nitrogen and oxygen atoms in total. The van der Waals surface area contributed by atoms with Crippen LogP contribution in [0.1, 0.15) is 43.7 Å². The lowest BCUT2D eigenvalue weighted by molar-refractivity contribution is -0.141. The minimum absolute atomic E-state index is 0.00924. The van der Waals surface area contributed by atoms with Crippen LogP contribution in [0.2, 0.25) is 0 Å². The zero-order chi connectivity index (χ0) is 15.7. The molecule has 0 unspecified atom stereocenters. The van der Waals surface area contributed by atoms with Gasteiger partial charge in [-0.1, -0.05) is 57.2 Å².